The SMILES string of the molecule is CC(C)(C)c1cc(-c2ccc(N(c3ccccc3-c3ccccc3)c3ccc4ccc5c(-n6c7ccccc7c7ccccc76)ccc6ccc3c4c65)cc2)cc(C(C)(C)C)c1. The third-order valence-corrected chi connectivity index (χ3v) is 13.0. The molecule has 0 spiro atoms. The average Bonchev–Trinajstić information content (AvgIpc) is 3.63. The quantitative estimate of drug-likeness (QED) is 0.152. The van der Waals surface area contributed by atoms with Crippen LogP contribution in [0.1, 0.15) is 52.7 Å². The second-order valence-corrected chi connectivity index (χ2v) is 19.0. The summed E-state index contributed by atoms with van der Waals surface area (Å²) in [6.07, 6.45) is 0. The van der Waals surface area contributed by atoms with Crippen molar-refractivity contribution in [1.82, 2.24) is 4.57 Å². The molecule has 2 nitrogen and oxygen atoms in total. The Kier molecular flexibility index (Phi) is 8.67. The minimum absolute atomic E-state index is 0.0349. The highest BCUT2D eigenvalue weighted by molar-refractivity contribution is 6.27. The Labute approximate surface area is 364 Å². The van der Waals surface area contributed by atoms with Crippen LogP contribution in [0, 0.1) is 0 Å². The van der Waals surface area contributed by atoms with Crippen molar-refractivity contribution in [2.24, 2.45) is 0 Å². The first-order valence-electron chi connectivity index (χ1n) is 21.9. The van der Waals surface area contributed by atoms with Gasteiger partial charge in [0.2, 0.25) is 0 Å². The van der Waals surface area contributed by atoms with E-state index in [2.05, 4.69) is 245 Å². The van der Waals surface area contributed by atoms with Gasteiger partial charge < -0.3 is 9.47 Å². The van der Waals surface area contributed by atoms with Gasteiger partial charge in [-0.2, -0.15) is 0 Å². The highest BCUT2D eigenvalue weighted by Crippen LogP contribution is 2.48. The normalized spacial score (nSPS) is 12.4. The van der Waals surface area contributed by atoms with Gasteiger partial charge in [-0.15, -0.1) is 0 Å². The molecular formula is C60H50N2. The molecule has 0 saturated carbocycles. The van der Waals surface area contributed by atoms with E-state index in [0.29, 0.717) is 0 Å². The third-order valence-electron chi connectivity index (χ3n) is 13.0. The van der Waals surface area contributed by atoms with Crippen molar-refractivity contribution in [3.05, 3.63) is 205 Å². The summed E-state index contributed by atoms with van der Waals surface area (Å²) in [5, 5.41) is 10.1. The van der Waals surface area contributed by atoms with E-state index < -0.39 is 0 Å². The lowest BCUT2D eigenvalue weighted by atomic mass is 9.79. The molecule has 0 unspecified atom stereocenters. The zero-order valence-corrected chi connectivity index (χ0v) is 36.4. The summed E-state index contributed by atoms with van der Waals surface area (Å²) in [4.78, 5) is 2.48. The molecule has 0 N–H and O–H groups in total. The van der Waals surface area contributed by atoms with Crippen LogP contribution < -0.4 is 4.90 Å². The van der Waals surface area contributed by atoms with E-state index in [1.807, 2.05) is 0 Å². The number of fused-ring (bicyclic) bond motifs is 3. The number of hydrogen-bond acceptors (Lipinski definition) is 1. The Morgan fingerprint density at radius 1 is 0.371 bits per heavy atom. The first-order chi connectivity index (χ1) is 30.0. The zero-order valence-electron chi connectivity index (χ0n) is 36.4. The fourth-order valence-electron chi connectivity index (χ4n) is 9.74. The first-order valence-corrected chi connectivity index (χ1v) is 21.9. The monoisotopic (exact) mass is 798 g/mol. The summed E-state index contributed by atoms with van der Waals surface area (Å²) < 4.78 is 2.46. The number of nitrogens with zero attached hydrogens (tertiary/aromatic N) is 2. The summed E-state index contributed by atoms with van der Waals surface area (Å²) in [6.45, 7) is 13.9. The Balaban J connectivity index is 1.14. The summed E-state index contributed by atoms with van der Waals surface area (Å²) in [5.74, 6) is 0. The largest absolute Gasteiger partial charge is 0.309 e. The maximum absolute atomic E-state index is 2.48. The van der Waals surface area contributed by atoms with Crippen molar-refractivity contribution >= 4 is 71.2 Å². The van der Waals surface area contributed by atoms with Crippen LogP contribution >= 0.6 is 0 Å². The highest BCUT2D eigenvalue weighted by atomic mass is 15.1. The number of rotatable bonds is 6. The maximum Gasteiger partial charge on any atom is 0.0541 e. The molecule has 0 saturated heterocycles. The van der Waals surface area contributed by atoms with Gasteiger partial charge in [-0.25, -0.2) is 0 Å². The molecule has 2 heteroatoms. The van der Waals surface area contributed by atoms with Gasteiger partial charge in [-0.1, -0.05) is 193 Å². The Morgan fingerprint density at radius 2 is 0.903 bits per heavy atom. The Morgan fingerprint density at radius 3 is 1.55 bits per heavy atom. The molecule has 0 aliphatic rings. The molecule has 0 aliphatic heterocycles. The van der Waals surface area contributed by atoms with E-state index in [9.17, 15) is 0 Å². The third kappa shape index (κ3) is 6.16. The van der Waals surface area contributed by atoms with Crippen LogP contribution in [0.2, 0.25) is 0 Å². The Hall–Kier alpha value is -7.16. The fourth-order valence-corrected chi connectivity index (χ4v) is 9.74. The van der Waals surface area contributed by atoms with Crippen molar-refractivity contribution in [2.45, 2.75) is 52.4 Å². The van der Waals surface area contributed by atoms with E-state index in [-0.39, 0.29) is 10.8 Å². The highest BCUT2D eigenvalue weighted by Gasteiger charge is 2.24. The minimum Gasteiger partial charge on any atom is -0.309 e. The van der Waals surface area contributed by atoms with Crippen molar-refractivity contribution in [3.8, 4) is 27.9 Å². The number of para-hydroxylation sites is 3. The van der Waals surface area contributed by atoms with Crippen LogP contribution in [0.25, 0.3) is 82.1 Å². The molecule has 1 heterocycles. The topological polar surface area (TPSA) is 8.17 Å². The lowest BCUT2D eigenvalue weighted by Gasteiger charge is -2.30. The summed E-state index contributed by atoms with van der Waals surface area (Å²) in [5.41, 5.74) is 14.7. The van der Waals surface area contributed by atoms with Gasteiger partial charge in [0.05, 0.1) is 28.1 Å². The molecule has 11 rings (SSSR count). The van der Waals surface area contributed by atoms with Crippen LogP contribution in [0.5, 0.6) is 0 Å². The van der Waals surface area contributed by atoms with Gasteiger partial charge in [0, 0.05) is 32.8 Å². The molecule has 1 aromatic heterocycles. The number of benzene rings is 10. The molecule has 0 atom stereocenters. The summed E-state index contributed by atoms with van der Waals surface area (Å²) in [6, 6.07) is 72.3. The zero-order chi connectivity index (χ0) is 42.3. The van der Waals surface area contributed by atoms with E-state index in [0.717, 1.165) is 17.1 Å². The molecule has 0 aliphatic carbocycles. The van der Waals surface area contributed by atoms with Crippen LogP contribution in [0.15, 0.2) is 194 Å². The second kappa shape index (κ2) is 14.2. The van der Waals surface area contributed by atoms with Crippen LogP contribution in [0.4, 0.5) is 17.1 Å². The summed E-state index contributed by atoms with van der Waals surface area (Å²) in [7, 11) is 0. The number of aromatic nitrogens is 1. The molecular weight excluding hydrogens is 749 g/mol. The molecule has 0 fully saturated rings. The number of anilines is 3. The number of hydrogen-bond donors (Lipinski definition) is 0. The average molecular weight is 799 g/mol. The van der Waals surface area contributed by atoms with Gasteiger partial charge >= 0.3 is 0 Å². The second-order valence-electron chi connectivity index (χ2n) is 19.0. The molecule has 0 radical (unpaired) electrons. The molecule has 0 bridgehead atoms. The molecule has 0 amide bonds. The summed E-state index contributed by atoms with van der Waals surface area (Å²) >= 11 is 0. The van der Waals surface area contributed by atoms with E-state index in [4.69, 9.17) is 0 Å². The smallest absolute Gasteiger partial charge is 0.0541 e. The lowest BCUT2D eigenvalue weighted by molar-refractivity contribution is 0.569. The first kappa shape index (κ1) is 37.8. The maximum atomic E-state index is 2.48. The van der Waals surface area contributed by atoms with E-state index in [1.165, 1.54) is 93.2 Å². The van der Waals surface area contributed by atoms with Crippen LogP contribution in [-0.4, -0.2) is 4.57 Å². The standard InChI is InChI=1S/C60H50N2/c1-59(2,3)44-36-43(37-45(38-44)60(4,5)6)39-24-30-46(31-25-39)61(52-21-13-10-18-47(52)40-16-8-7-9-17-40)55-34-28-41-27-33-51-56(35-29-42-26-32-50(55)57(41)58(42)51)62-53-22-14-11-19-48(53)49-20-12-15-23-54(49)62/h7-38H,1-6H3. The van der Waals surface area contributed by atoms with Crippen LogP contribution in [-0.2, 0) is 10.8 Å². The molecule has 300 valence electrons. The van der Waals surface area contributed by atoms with Gasteiger partial charge in [0.1, 0.15) is 0 Å². The van der Waals surface area contributed by atoms with E-state index in [1.54, 1.807) is 0 Å². The van der Waals surface area contributed by atoms with Gasteiger partial charge in [0.15, 0.2) is 0 Å². The van der Waals surface area contributed by atoms with Gasteiger partial charge in [0.25, 0.3) is 0 Å². The Bertz CT molecular complexity index is 3380. The lowest BCUT2D eigenvalue weighted by Crippen LogP contribution is -2.16. The predicted molar refractivity (Wildman–Crippen MR) is 267 cm³/mol. The van der Waals surface area contributed by atoms with Crippen molar-refractivity contribution in [2.75, 3.05) is 4.90 Å². The van der Waals surface area contributed by atoms with Crippen molar-refractivity contribution < 1.29 is 0 Å². The molecule has 10 aromatic carbocycles. The predicted octanol–water partition coefficient (Wildman–Crippen LogP) is 17.1. The van der Waals surface area contributed by atoms with Crippen LogP contribution in [0.3, 0.4) is 0 Å². The van der Waals surface area contributed by atoms with Gasteiger partial charge in [-0.05, 0) is 103 Å². The van der Waals surface area contributed by atoms with Crippen molar-refractivity contribution in [1.29, 1.82) is 0 Å². The fraction of sp³-hybridized carbons (Fsp3) is 0.133. The van der Waals surface area contributed by atoms with E-state index >= 15 is 0 Å². The minimum atomic E-state index is 0.0349. The van der Waals surface area contributed by atoms with Gasteiger partial charge in [-0.3, -0.25) is 0 Å². The molecule has 62 heavy (non-hydrogen) atoms. The molecule has 11 aromatic rings. The van der Waals surface area contributed by atoms with Crippen molar-refractivity contribution in [3.63, 3.8) is 0 Å².